The van der Waals surface area contributed by atoms with Gasteiger partial charge in [0.2, 0.25) is 12.7 Å². The number of hydrogen-bond acceptors (Lipinski definition) is 4. The number of carbonyl (C=O) groups is 2. The number of hydrogen-bond donors (Lipinski definition) is 1. The van der Waals surface area contributed by atoms with Gasteiger partial charge in [-0.2, -0.15) is 0 Å². The van der Waals surface area contributed by atoms with Gasteiger partial charge >= 0.3 is 0 Å². The zero-order chi connectivity index (χ0) is 15.7. The van der Waals surface area contributed by atoms with E-state index >= 15 is 0 Å². The summed E-state index contributed by atoms with van der Waals surface area (Å²) in [6, 6.07) is 5.18. The maximum Gasteiger partial charge on any atom is 0.254 e. The second kappa shape index (κ2) is 5.51. The SMILES string of the molecule is CCNC(=O)C1(C)CCN(C(=O)c2ccc3c(c2)OCO3)C1. The lowest BCUT2D eigenvalue weighted by Gasteiger charge is -2.23. The molecule has 2 aliphatic rings. The number of carbonyl (C=O) groups excluding carboxylic acids is 2. The van der Waals surface area contributed by atoms with Crippen LogP contribution in [-0.2, 0) is 4.79 Å². The molecule has 1 atom stereocenters. The van der Waals surface area contributed by atoms with E-state index in [-0.39, 0.29) is 18.6 Å². The Balaban J connectivity index is 1.73. The summed E-state index contributed by atoms with van der Waals surface area (Å²) in [4.78, 5) is 26.5. The van der Waals surface area contributed by atoms with Crippen LogP contribution in [0.1, 0.15) is 30.6 Å². The summed E-state index contributed by atoms with van der Waals surface area (Å²) in [5, 5.41) is 2.85. The molecule has 2 aliphatic heterocycles. The highest BCUT2D eigenvalue weighted by Gasteiger charge is 2.42. The number of rotatable bonds is 3. The van der Waals surface area contributed by atoms with Gasteiger partial charge in [-0.1, -0.05) is 0 Å². The van der Waals surface area contributed by atoms with Crippen LogP contribution in [0.3, 0.4) is 0 Å². The summed E-state index contributed by atoms with van der Waals surface area (Å²) in [7, 11) is 0. The Morgan fingerprint density at radius 3 is 2.86 bits per heavy atom. The quantitative estimate of drug-likeness (QED) is 0.916. The summed E-state index contributed by atoms with van der Waals surface area (Å²) < 4.78 is 10.6. The van der Waals surface area contributed by atoms with Crippen molar-refractivity contribution in [2.45, 2.75) is 20.3 Å². The Morgan fingerprint density at radius 2 is 2.09 bits per heavy atom. The number of benzene rings is 1. The minimum atomic E-state index is -0.512. The number of fused-ring (bicyclic) bond motifs is 1. The lowest BCUT2D eigenvalue weighted by Crippen LogP contribution is -2.41. The number of nitrogens with zero attached hydrogens (tertiary/aromatic N) is 1. The van der Waals surface area contributed by atoms with Crippen molar-refractivity contribution in [1.29, 1.82) is 0 Å². The van der Waals surface area contributed by atoms with E-state index in [9.17, 15) is 9.59 Å². The molecule has 0 bridgehead atoms. The largest absolute Gasteiger partial charge is 0.454 e. The van der Waals surface area contributed by atoms with Gasteiger partial charge in [-0.15, -0.1) is 0 Å². The van der Waals surface area contributed by atoms with Crippen molar-refractivity contribution in [3.63, 3.8) is 0 Å². The molecule has 0 spiro atoms. The number of amides is 2. The van der Waals surface area contributed by atoms with Gasteiger partial charge in [-0.05, 0) is 38.5 Å². The second-order valence-electron chi connectivity index (χ2n) is 5.96. The van der Waals surface area contributed by atoms with E-state index in [1.54, 1.807) is 23.1 Å². The molecular weight excluding hydrogens is 284 g/mol. The van der Waals surface area contributed by atoms with Crippen LogP contribution < -0.4 is 14.8 Å². The highest BCUT2D eigenvalue weighted by atomic mass is 16.7. The molecule has 2 heterocycles. The molecule has 0 saturated carbocycles. The number of nitrogens with one attached hydrogen (secondary N) is 1. The molecule has 1 unspecified atom stereocenters. The van der Waals surface area contributed by atoms with Gasteiger partial charge in [0.05, 0.1) is 5.41 Å². The van der Waals surface area contributed by atoms with Crippen LogP contribution >= 0.6 is 0 Å². The first-order valence-electron chi connectivity index (χ1n) is 7.51. The molecule has 22 heavy (non-hydrogen) atoms. The zero-order valence-corrected chi connectivity index (χ0v) is 12.8. The van der Waals surface area contributed by atoms with E-state index in [1.807, 2.05) is 13.8 Å². The Bertz CT molecular complexity index is 616. The Morgan fingerprint density at radius 1 is 1.32 bits per heavy atom. The fourth-order valence-electron chi connectivity index (χ4n) is 2.91. The van der Waals surface area contributed by atoms with Gasteiger partial charge in [0, 0.05) is 25.2 Å². The smallest absolute Gasteiger partial charge is 0.254 e. The second-order valence-corrected chi connectivity index (χ2v) is 5.96. The third-order valence-electron chi connectivity index (χ3n) is 4.27. The van der Waals surface area contributed by atoms with Crippen molar-refractivity contribution in [2.24, 2.45) is 5.41 Å². The maximum atomic E-state index is 12.6. The van der Waals surface area contributed by atoms with Crippen LogP contribution in [0.15, 0.2) is 18.2 Å². The first kappa shape index (κ1) is 14.7. The van der Waals surface area contributed by atoms with Crippen LogP contribution in [0.25, 0.3) is 0 Å². The predicted molar refractivity (Wildman–Crippen MR) is 79.9 cm³/mol. The summed E-state index contributed by atoms with van der Waals surface area (Å²) in [6.45, 7) is 5.61. The molecule has 3 rings (SSSR count). The molecule has 0 radical (unpaired) electrons. The Labute approximate surface area is 129 Å². The van der Waals surface area contributed by atoms with Gasteiger partial charge in [-0.3, -0.25) is 9.59 Å². The number of likely N-dealkylation sites (tertiary alicyclic amines) is 1. The van der Waals surface area contributed by atoms with Crippen LogP contribution in [0.4, 0.5) is 0 Å². The van der Waals surface area contributed by atoms with E-state index in [1.165, 1.54) is 0 Å². The van der Waals surface area contributed by atoms with E-state index in [0.29, 0.717) is 43.1 Å². The summed E-state index contributed by atoms with van der Waals surface area (Å²) >= 11 is 0. The molecule has 1 saturated heterocycles. The van der Waals surface area contributed by atoms with Crippen LogP contribution in [0.5, 0.6) is 11.5 Å². The average Bonchev–Trinajstić information content (AvgIpc) is 3.13. The first-order valence-corrected chi connectivity index (χ1v) is 7.51. The predicted octanol–water partition coefficient (Wildman–Crippen LogP) is 1.40. The van der Waals surface area contributed by atoms with E-state index in [4.69, 9.17) is 9.47 Å². The standard InChI is InChI=1S/C16H20N2O4/c1-3-17-15(20)16(2)6-7-18(9-16)14(19)11-4-5-12-13(8-11)22-10-21-12/h4-5,8H,3,6-7,9-10H2,1-2H3,(H,17,20). The third-order valence-corrected chi connectivity index (χ3v) is 4.27. The van der Waals surface area contributed by atoms with Crippen molar-refractivity contribution in [3.05, 3.63) is 23.8 Å². The topological polar surface area (TPSA) is 67.9 Å². The molecule has 0 aliphatic carbocycles. The average molecular weight is 304 g/mol. The van der Waals surface area contributed by atoms with Gasteiger partial charge in [-0.25, -0.2) is 0 Å². The lowest BCUT2D eigenvalue weighted by molar-refractivity contribution is -0.129. The molecular formula is C16H20N2O4. The fraction of sp³-hybridized carbons (Fsp3) is 0.500. The Kier molecular flexibility index (Phi) is 3.68. The number of ether oxygens (including phenoxy) is 2. The molecule has 1 aromatic rings. The van der Waals surface area contributed by atoms with Crippen LogP contribution in [-0.4, -0.2) is 43.1 Å². The highest BCUT2D eigenvalue weighted by Crippen LogP contribution is 2.35. The van der Waals surface area contributed by atoms with E-state index in [0.717, 1.165) is 0 Å². The fourth-order valence-corrected chi connectivity index (χ4v) is 2.91. The monoisotopic (exact) mass is 304 g/mol. The third kappa shape index (κ3) is 2.49. The minimum Gasteiger partial charge on any atom is -0.454 e. The van der Waals surface area contributed by atoms with Gasteiger partial charge in [0.1, 0.15) is 0 Å². The highest BCUT2D eigenvalue weighted by molar-refractivity contribution is 5.96. The molecule has 118 valence electrons. The summed E-state index contributed by atoms with van der Waals surface area (Å²) in [6.07, 6.45) is 0.676. The van der Waals surface area contributed by atoms with Gasteiger partial charge in [0.15, 0.2) is 11.5 Å². The van der Waals surface area contributed by atoms with Crippen molar-refractivity contribution < 1.29 is 19.1 Å². The van der Waals surface area contributed by atoms with Crippen molar-refractivity contribution in [2.75, 3.05) is 26.4 Å². The van der Waals surface area contributed by atoms with Crippen molar-refractivity contribution >= 4 is 11.8 Å². The van der Waals surface area contributed by atoms with E-state index in [2.05, 4.69) is 5.32 Å². The zero-order valence-electron chi connectivity index (χ0n) is 12.8. The molecule has 1 aromatic carbocycles. The minimum absolute atomic E-state index is 0.0102. The summed E-state index contributed by atoms with van der Waals surface area (Å²) in [5.74, 6) is 1.18. The molecule has 6 nitrogen and oxygen atoms in total. The van der Waals surface area contributed by atoms with Gasteiger partial charge in [0.25, 0.3) is 5.91 Å². The molecule has 6 heteroatoms. The maximum absolute atomic E-state index is 12.6. The molecule has 1 N–H and O–H groups in total. The van der Waals surface area contributed by atoms with Gasteiger partial charge < -0.3 is 19.7 Å². The molecule has 2 amide bonds. The molecule has 0 aromatic heterocycles. The van der Waals surface area contributed by atoms with Crippen LogP contribution in [0, 0.1) is 5.41 Å². The van der Waals surface area contributed by atoms with E-state index < -0.39 is 5.41 Å². The lowest BCUT2D eigenvalue weighted by atomic mass is 9.89. The van der Waals surface area contributed by atoms with Crippen molar-refractivity contribution in [1.82, 2.24) is 10.2 Å². The molecule has 1 fully saturated rings. The Hall–Kier alpha value is -2.24. The van der Waals surface area contributed by atoms with Crippen molar-refractivity contribution in [3.8, 4) is 11.5 Å². The summed E-state index contributed by atoms with van der Waals surface area (Å²) in [5.41, 5.74) is 0.0477. The first-order chi connectivity index (χ1) is 10.5. The normalized spacial score (nSPS) is 22.7. The van der Waals surface area contributed by atoms with Crippen LogP contribution in [0.2, 0.25) is 0 Å².